The Balaban J connectivity index is 1.43. The van der Waals surface area contributed by atoms with Crippen molar-refractivity contribution in [3.8, 4) is 0 Å². The molecule has 0 amide bonds. The molecule has 5 saturated carbocycles. The highest BCUT2D eigenvalue weighted by molar-refractivity contribution is 5.09. The Morgan fingerprint density at radius 1 is 0.704 bits per heavy atom. The van der Waals surface area contributed by atoms with Gasteiger partial charge in [-0.2, -0.15) is 0 Å². The predicted octanol–water partition coefficient (Wildman–Crippen LogP) is 8.17. The van der Waals surface area contributed by atoms with Crippen molar-refractivity contribution in [3.05, 3.63) is 12.7 Å². The molecule has 5 fully saturated rings. The Morgan fingerprint density at radius 3 is 1.89 bits per heavy atom. The fraction of sp³-hybridized carbons (Fsp3) is 0.926. The summed E-state index contributed by atoms with van der Waals surface area (Å²) in [6.45, 7) is 3.99. The van der Waals surface area contributed by atoms with Crippen LogP contribution in [0.1, 0.15) is 109 Å². The lowest BCUT2D eigenvalue weighted by Gasteiger charge is -2.48. The molecule has 0 aliphatic heterocycles. The van der Waals surface area contributed by atoms with Crippen molar-refractivity contribution in [1.29, 1.82) is 0 Å². The molecule has 0 aromatic heterocycles. The number of hydrogen-bond acceptors (Lipinski definition) is 0. The van der Waals surface area contributed by atoms with Gasteiger partial charge in [0.15, 0.2) is 0 Å². The molecule has 5 aliphatic rings. The molecule has 0 heteroatoms. The highest BCUT2D eigenvalue weighted by Gasteiger charge is 2.60. The van der Waals surface area contributed by atoms with E-state index < -0.39 is 0 Å². The third-order valence-electron chi connectivity index (χ3n) is 10.6. The molecule has 0 bridgehead atoms. The molecule has 27 heavy (non-hydrogen) atoms. The van der Waals surface area contributed by atoms with Gasteiger partial charge in [-0.1, -0.05) is 51.0 Å². The lowest BCUT2D eigenvalue weighted by molar-refractivity contribution is 0.00264. The van der Waals surface area contributed by atoms with Crippen molar-refractivity contribution in [3.63, 3.8) is 0 Å². The minimum absolute atomic E-state index is 0.778. The molecule has 0 radical (unpaired) electrons. The minimum Gasteiger partial charge on any atom is -0.103 e. The van der Waals surface area contributed by atoms with Crippen LogP contribution in [0.5, 0.6) is 0 Å². The van der Waals surface area contributed by atoms with Crippen molar-refractivity contribution in [2.24, 2.45) is 46.8 Å². The topological polar surface area (TPSA) is 0 Å². The second-order valence-electron chi connectivity index (χ2n) is 11.4. The SMILES string of the molecule is C=CCCC1CCC(C2(C3C4CCCCC4C4CCCCC43)CCCC2)C1. The zero-order valence-electron chi connectivity index (χ0n) is 17.8. The van der Waals surface area contributed by atoms with Gasteiger partial charge in [0.05, 0.1) is 0 Å². The van der Waals surface area contributed by atoms with Gasteiger partial charge in [0.2, 0.25) is 0 Å². The lowest BCUT2D eigenvalue weighted by Crippen LogP contribution is -2.41. The summed E-state index contributed by atoms with van der Waals surface area (Å²) >= 11 is 0. The highest BCUT2D eigenvalue weighted by atomic mass is 14.7. The van der Waals surface area contributed by atoms with Crippen LogP contribution in [-0.4, -0.2) is 0 Å². The van der Waals surface area contributed by atoms with E-state index in [0.717, 1.165) is 46.8 Å². The van der Waals surface area contributed by atoms with E-state index in [1.165, 1.54) is 19.3 Å². The van der Waals surface area contributed by atoms with Crippen LogP contribution in [0.2, 0.25) is 0 Å². The maximum Gasteiger partial charge on any atom is -0.0235 e. The van der Waals surface area contributed by atoms with Crippen LogP contribution in [0, 0.1) is 46.8 Å². The highest BCUT2D eigenvalue weighted by Crippen LogP contribution is 2.68. The number of hydrogen-bond donors (Lipinski definition) is 0. The maximum atomic E-state index is 3.99. The summed E-state index contributed by atoms with van der Waals surface area (Å²) in [7, 11) is 0. The predicted molar refractivity (Wildman–Crippen MR) is 116 cm³/mol. The molecular formula is C27H44. The summed E-state index contributed by atoms with van der Waals surface area (Å²) < 4.78 is 0. The fourth-order valence-corrected chi connectivity index (χ4v) is 9.76. The van der Waals surface area contributed by atoms with Crippen LogP contribution >= 0.6 is 0 Å². The number of rotatable bonds is 5. The Kier molecular flexibility index (Phi) is 5.47. The van der Waals surface area contributed by atoms with Crippen molar-refractivity contribution in [2.45, 2.75) is 109 Å². The van der Waals surface area contributed by atoms with E-state index in [9.17, 15) is 0 Å². The van der Waals surface area contributed by atoms with E-state index in [1.54, 1.807) is 89.9 Å². The molecule has 0 heterocycles. The zero-order valence-corrected chi connectivity index (χ0v) is 17.8. The molecule has 0 saturated heterocycles. The standard InChI is InChI=1S/C27H44/c1-2-3-10-20-15-16-21(19-20)27(17-8-9-18-27)26-24-13-6-4-11-22(24)23-12-5-7-14-25(23)26/h2,20-26H,1,3-19H2. The van der Waals surface area contributed by atoms with Gasteiger partial charge in [0.1, 0.15) is 0 Å². The third kappa shape index (κ3) is 3.16. The smallest absolute Gasteiger partial charge is 0.0235 e. The molecule has 0 spiro atoms. The van der Waals surface area contributed by atoms with Crippen LogP contribution in [0.3, 0.4) is 0 Å². The van der Waals surface area contributed by atoms with Crippen LogP contribution < -0.4 is 0 Å². The van der Waals surface area contributed by atoms with Crippen LogP contribution in [0.25, 0.3) is 0 Å². The van der Waals surface area contributed by atoms with Crippen molar-refractivity contribution < 1.29 is 0 Å². The summed E-state index contributed by atoms with van der Waals surface area (Å²) in [5.41, 5.74) is 0.778. The molecule has 0 aromatic carbocycles. The molecule has 152 valence electrons. The molecule has 6 atom stereocenters. The van der Waals surface area contributed by atoms with Crippen LogP contribution in [-0.2, 0) is 0 Å². The first-order chi connectivity index (χ1) is 13.3. The molecule has 0 N–H and O–H groups in total. The summed E-state index contributed by atoms with van der Waals surface area (Å²) in [6, 6.07) is 0. The first-order valence-corrected chi connectivity index (χ1v) is 12.9. The van der Waals surface area contributed by atoms with Crippen molar-refractivity contribution in [2.75, 3.05) is 0 Å². The molecule has 0 aromatic rings. The summed E-state index contributed by atoms with van der Waals surface area (Å²) in [4.78, 5) is 0. The second-order valence-corrected chi connectivity index (χ2v) is 11.4. The van der Waals surface area contributed by atoms with E-state index in [0.29, 0.717) is 0 Å². The van der Waals surface area contributed by atoms with Crippen molar-refractivity contribution in [1.82, 2.24) is 0 Å². The Hall–Kier alpha value is -0.260. The molecule has 5 rings (SSSR count). The molecular weight excluding hydrogens is 324 g/mol. The molecule has 6 unspecified atom stereocenters. The van der Waals surface area contributed by atoms with Gasteiger partial charge >= 0.3 is 0 Å². The normalized spacial score (nSPS) is 46.1. The second kappa shape index (κ2) is 7.87. The van der Waals surface area contributed by atoms with E-state index in [4.69, 9.17) is 0 Å². The Labute approximate surface area is 169 Å². The fourth-order valence-electron chi connectivity index (χ4n) is 9.76. The van der Waals surface area contributed by atoms with Gasteiger partial charge in [-0.3, -0.25) is 0 Å². The van der Waals surface area contributed by atoms with Gasteiger partial charge in [-0.25, -0.2) is 0 Å². The first kappa shape index (κ1) is 18.7. The average Bonchev–Trinajstić information content (AvgIpc) is 3.43. The largest absolute Gasteiger partial charge is 0.103 e. The number of fused-ring (bicyclic) bond motifs is 3. The summed E-state index contributed by atoms with van der Waals surface area (Å²) in [5.74, 6) is 7.81. The van der Waals surface area contributed by atoms with Crippen LogP contribution in [0.15, 0.2) is 12.7 Å². The zero-order chi connectivity index (χ0) is 18.3. The first-order valence-electron chi connectivity index (χ1n) is 12.9. The Morgan fingerprint density at radius 2 is 1.30 bits per heavy atom. The Bertz CT molecular complexity index is 490. The minimum atomic E-state index is 0.778. The summed E-state index contributed by atoms with van der Waals surface area (Å²) in [5, 5.41) is 0. The van der Waals surface area contributed by atoms with E-state index >= 15 is 0 Å². The van der Waals surface area contributed by atoms with Gasteiger partial charge in [0.25, 0.3) is 0 Å². The van der Waals surface area contributed by atoms with E-state index in [-0.39, 0.29) is 0 Å². The van der Waals surface area contributed by atoms with E-state index in [2.05, 4.69) is 12.7 Å². The lowest BCUT2D eigenvalue weighted by atomic mass is 9.56. The van der Waals surface area contributed by atoms with Gasteiger partial charge < -0.3 is 0 Å². The quantitative estimate of drug-likeness (QED) is 0.429. The van der Waals surface area contributed by atoms with Crippen LogP contribution in [0.4, 0.5) is 0 Å². The van der Waals surface area contributed by atoms with Gasteiger partial charge in [0, 0.05) is 0 Å². The number of allylic oxidation sites excluding steroid dienone is 1. The van der Waals surface area contributed by atoms with Gasteiger partial charge in [-0.15, -0.1) is 6.58 Å². The van der Waals surface area contributed by atoms with Crippen molar-refractivity contribution >= 4 is 0 Å². The molecule has 5 aliphatic carbocycles. The molecule has 0 nitrogen and oxygen atoms in total. The monoisotopic (exact) mass is 368 g/mol. The van der Waals surface area contributed by atoms with E-state index in [1.807, 2.05) is 0 Å². The third-order valence-corrected chi connectivity index (χ3v) is 10.6. The maximum absolute atomic E-state index is 3.99. The van der Waals surface area contributed by atoms with Gasteiger partial charge in [-0.05, 0) is 111 Å². The summed E-state index contributed by atoms with van der Waals surface area (Å²) in [6.07, 6.45) is 28.5. The average molecular weight is 369 g/mol.